The Hall–Kier alpha value is -0.130. The fraction of sp³-hybridized carbons (Fsp3) is 0.533. The van der Waals surface area contributed by atoms with Crippen molar-refractivity contribution in [2.75, 3.05) is 20.1 Å². The molecule has 22 heavy (non-hydrogen) atoms. The van der Waals surface area contributed by atoms with Crippen LogP contribution in [0, 0.1) is 0 Å². The highest BCUT2D eigenvalue weighted by Crippen LogP contribution is 2.33. The van der Waals surface area contributed by atoms with E-state index in [4.69, 9.17) is 23.2 Å². The Morgan fingerprint density at radius 3 is 2.64 bits per heavy atom. The third kappa shape index (κ3) is 5.20. The van der Waals surface area contributed by atoms with Gasteiger partial charge >= 0.3 is 0 Å². The molecule has 0 saturated carbocycles. The Balaban J connectivity index is 0.00000242. The molecule has 0 bridgehead atoms. The number of thioether (sulfide) groups is 1. The van der Waals surface area contributed by atoms with Gasteiger partial charge in [-0.2, -0.15) is 0 Å². The Labute approximate surface area is 152 Å². The van der Waals surface area contributed by atoms with Gasteiger partial charge in [-0.05, 0) is 51.1 Å². The Morgan fingerprint density at radius 1 is 1.36 bits per heavy atom. The van der Waals surface area contributed by atoms with Crippen LogP contribution in [0.4, 0.5) is 0 Å². The van der Waals surface area contributed by atoms with Crippen LogP contribution in [0.25, 0.3) is 0 Å². The van der Waals surface area contributed by atoms with Gasteiger partial charge in [0.2, 0.25) is 5.91 Å². The van der Waals surface area contributed by atoms with E-state index in [0.29, 0.717) is 16.1 Å². The molecule has 1 aromatic carbocycles. The second-order valence-corrected chi connectivity index (χ2v) is 7.49. The van der Waals surface area contributed by atoms with Gasteiger partial charge in [0.15, 0.2) is 0 Å². The van der Waals surface area contributed by atoms with Crippen molar-refractivity contribution in [2.24, 2.45) is 0 Å². The molecule has 1 unspecified atom stereocenters. The molecular formula is C15H21Cl3N2OS. The average Bonchev–Trinajstić information content (AvgIpc) is 2.50. The minimum atomic E-state index is -0.180. The number of amides is 1. The zero-order valence-corrected chi connectivity index (χ0v) is 15.8. The number of hydrogen-bond donors (Lipinski definition) is 1. The number of halogens is 3. The summed E-state index contributed by atoms with van der Waals surface area (Å²) < 4.78 is 0. The summed E-state index contributed by atoms with van der Waals surface area (Å²) in [6.07, 6.45) is 2.02. The van der Waals surface area contributed by atoms with Crippen LogP contribution >= 0.6 is 47.4 Å². The first kappa shape index (κ1) is 19.9. The van der Waals surface area contributed by atoms with Crippen LogP contribution in [-0.4, -0.2) is 42.2 Å². The summed E-state index contributed by atoms with van der Waals surface area (Å²) in [5.74, 6) is 0.142. The normalized spacial score (nSPS) is 16.7. The topological polar surface area (TPSA) is 32.3 Å². The van der Waals surface area contributed by atoms with Gasteiger partial charge in [-0.1, -0.05) is 23.2 Å². The Kier molecular flexibility index (Phi) is 8.36. The second-order valence-electron chi connectivity index (χ2n) is 5.27. The van der Waals surface area contributed by atoms with Gasteiger partial charge in [0.1, 0.15) is 0 Å². The highest BCUT2D eigenvalue weighted by molar-refractivity contribution is 8.00. The zero-order valence-electron chi connectivity index (χ0n) is 12.6. The van der Waals surface area contributed by atoms with Gasteiger partial charge in [0.05, 0.1) is 10.3 Å². The lowest BCUT2D eigenvalue weighted by atomic mass is 10.1. The van der Waals surface area contributed by atoms with Crippen molar-refractivity contribution in [1.29, 1.82) is 0 Å². The molecule has 1 amide bonds. The van der Waals surface area contributed by atoms with Crippen LogP contribution in [0.5, 0.6) is 0 Å². The second kappa shape index (κ2) is 9.24. The monoisotopic (exact) mass is 382 g/mol. The summed E-state index contributed by atoms with van der Waals surface area (Å²) in [7, 11) is 1.90. The number of rotatable bonds is 4. The van der Waals surface area contributed by atoms with Gasteiger partial charge in [-0.25, -0.2) is 0 Å². The van der Waals surface area contributed by atoms with Crippen molar-refractivity contribution in [3.8, 4) is 0 Å². The van der Waals surface area contributed by atoms with Gasteiger partial charge < -0.3 is 10.2 Å². The summed E-state index contributed by atoms with van der Waals surface area (Å²) in [5.41, 5.74) is 0. The van der Waals surface area contributed by atoms with Crippen LogP contribution < -0.4 is 5.32 Å². The largest absolute Gasteiger partial charge is 0.342 e. The smallest absolute Gasteiger partial charge is 0.235 e. The van der Waals surface area contributed by atoms with E-state index in [-0.39, 0.29) is 23.6 Å². The zero-order chi connectivity index (χ0) is 15.4. The lowest BCUT2D eigenvalue weighted by molar-refractivity contribution is -0.131. The van der Waals surface area contributed by atoms with E-state index in [1.165, 1.54) is 11.8 Å². The fourth-order valence-electron chi connectivity index (χ4n) is 2.47. The highest BCUT2D eigenvalue weighted by Gasteiger charge is 2.26. The number of piperidine rings is 1. The minimum absolute atomic E-state index is 0. The molecule has 3 nitrogen and oxygen atoms in total. The van der Waals surface area contributed by atoms with Crippen molar-refractivity contribution >= 4 is 53.3 Å². The summed E-state index contributed by atoms with van der Waals surface area (Å²) >= 11 is 13.6. The first-order valence-corrected chi connectivity index (χ1v) is 8.71. The maximum absolute atomic E-state index is 12.6. The lowest BCUT2D eigenvalue weighted by Crippen LogP contribution is -2.46. The number of hydrogen-bond acceptors (Lipinski definition) is 3. The third-order valence-corrected chi connectivity index (χ3v) is 5.57. The molecule has 124 valence electrons. The van der Waals surface area contributed by atoms with E-state index in [0.717, 1.165) is 30.8 Å². The van der Waals surface area contributed by atoms with Crippen molar-refractivity contribution in [3.63, 3.8) is 0 Å². The van der Waals surface area contributed by atoms with Crippen molar-refractivity contribution in [3.05, 3.63) is 28.2 Å². The first-order chi connectivity index (χ1) is 9.99. The van der Waals surface area contributed by atoms with Crippen molar-refractivity contribution in [2.45, 2.75) is 36.0 Å². The van der Waals surface area contributed by atoms with E-state index in [1.54, 1.807) is 12.1 Å². The van der Waals surface area contributed by atoms with E-state index in [9.17, 15) is 4.79 Å². The molecule has 0 aliphatic carbocycles. The molecule has 1 saturated heterocycles. The van der Waals surface area contributed by atoms with Crippen LogP contribution in [0.2, 0.25) is 10.0 Å². The molecule has 1 aromatic rings. The summed E-state index contributed by atoms with van der Waals surface area (Å²) in [5, 5.41) is 4.40. The van der Waals surface area contributed by atoms with Crippen LogP contribution in [0.3, 0.4) is 0 Å². The van der Waals surface area contributed by atoms with Crippen molar-refractivity contribution < 1.29 is 4.79 Å². The molecule has 1 N–H and O–H groups in total. The molecule has 0 spiro atoms. The Morgan fingerprint density at radius 2 is 2.00 bits per heavy atom. The molecule has 1 aliphatic rings. The number of nitrogens with one attached hydrogen (secondary N) is 1. The fourth-order valence-corrected chi connectivity index (χ4v) is 3.98. The van der Waals surface area contributed by atoms with E-state index < -0.39 is 0 Å². The number of carbonyl (C=O) groups excluding carboxylic acids is 1. The van der Waals surface area contributed by atoms with Gasteiger partial charge in [0, 0.05) is 23.0 Å². The predicted molar refractivity (Wildman–Crippen MR) is 97.7 cm³/mol. The molecule has 1 heterocycles. The SMILES string of the molecule is CC(Sc1cc(Cl)ccc1Cl)C(=O)N(C)C1CCNCC1.Cl. The highest BCUT2D eigenvalue weighted by atomic mass is 35.5. The molecule has 1 aliphatic heterocycles. The Bertz CT molecular complexity index is 510. The van der Waals surface area contributed by atoms with Crippen LogP contribution in [0.1, 0.15) is 19.8 Å². The summed E-state index contributed by atoms with van der Waals surface area (Å²) in [6.45, 7) is 3.87. The molecular weight excluding hydrogens is 363 g/mol. The number of benzene rings is 1. The molecule has 2 rings (SSSR count). The van der Waals surface area contributed by atoms with E-state index >= 15 is 0 Å². The molecule has 7 heteroatoms. The quantitative estimate of drug-likeness (QED) is 0.794. The van der Waals surface area contributed by atoms with E-state index in [1.807, 2.05) is 24.9 Å². The third-order valence-electron chi connectivity index (χ3n) is 3.75. The standard InChI is InChI=1S/C15H20Cl2N2OS.ClH/c1-10(21-14-9-11(16)3-4-13(14)17)15(20)19(2)12-5-7-18-8-6-12;/h3-4,9-10,12,18H,5-8H2,1-2H3;1H. The molecule has 0 aromatic heterocycles. The van der Waals surface area contributed by atoms with Gasteiger partial charge in [-0.15, -0.1) is 24.2 Å². The van der Waals surface area contributed by atoms with E-state index in [2.05, 4.69) is 5.32 Å². The maximum atomic E-state index is 12.6. The lowest BCUT2D eigenvalue weighted by Gasteiger charge is -2.33. The van der Waals surface area contributed by atoms with Gasteiger partial charge in [0.25, 0.3) is 0 Å². The number of nitrogens with zero attached hydrogens (tertiary/aromatic N) is 1. The summed E-state index contributed by atoms with van der Waals surface area (Å²) in [6, 6.07) is 5.65. The minimum Gasteiger partial charge on any atom is -0.342 e. The predicted octanol–water partition coefficient (Wildman–Crippen LogP) is 4.11. The average molecular weight is 384 g/mol. The maximum Gasteiger partial charge on any atom is 0.235 e. The van der Waals surface area contributed by atoms with Crippen LogP contribution in [-0.2, 0) is 4.79 Å². The van der Waals surface area contributed by atoms with Crippen LogP contribution in [0.15, 0.2) is 23.1 Å². The number of carbonyl (C=O) groups is 1. The molecule has 0 radical (unpaired) electrons. The molecule has 1 atom stereocenters. The van der Waals surface area contributed by atoms with Gasteiger partial charge in [-0.3, -0.25) is 4.79 Å². The first-order valence-electron chi connectivity index (χ1n) is 7.08. The van der Waals surface area contributed by atoms with Crippen molar-refractivity contribution in [1.82, 2.24) is 10.2 Å². The molecule has 1 fully saturated rings. The summed E-state index contributed by atoms with van der Waals surface area (Å²) in [4.78, 5) is 15.3.